The minimum Gasteiger partial charge on any atom is -0.393 e. The topological polar surface area (TPSA) is 60.7 Å². The Bertz CT molecular complexity index is 555. The van der Waals surface area contributed by atoms with Crippen LogP contribution in [0.5, 0.6) is 0 Å². The highest BCUT2D eigenvalue weighted by atomic mass is 16.3. The molecule has 0 radical (unpaired) electrons. The second-order valence-electron chi connectivity index (χ2n) is 9.77. The van der Waals surface area contributed by atoms with Gasteiger partial charge in [-0.15, -0.1) is 0 Å². The molecule has 8 atom stereocenters. The van der Waals surface area contributed by atoms with Crippen molar-refractivity contribution in [1.29, 1.82) is 0 Å². The van der Waals surface area contributed by atoms with E-state index in [-0.39, 0.29) is 11.5 Å². The van der Waals surface area contributed by atoms with Crippen molar-refractivity contribution in [1.82, 2.24) is 0 Å². The van der Waals surface area contributed by atoms with Gasteiger partial charge in [0.25, 0.3) is 0 Å². The molecule has 24 heavy (non-hydrogen) atoms. The van der Waals surface area contributed by atoms with Crippen LogP contribution in [0.2, 0.25) is 0 Å². The van der Waals surface area contributed by atoms with Gasteiger partial charge in [-0.25, -0.2) is 0 Å². The Hall–Kier alpha value is -0.380. The highest BCUT2D eigenvalue weighted by molar-refractivity contribution is 5.30. The third-order valence-electron chi connectivity index (χ3n) is 8.96. The summed E-state index contributed by atoms with van der Waals surface area (Å²) in [6, 6.07) is 0. The molecule has 0 bridgehead atoms. The van der Waals surface area contributed by atoms with E-state index in [9.17, 15) is 15.3 Å². The molecule has 0 amide bonds. The molecule has 3 saturated carbocycles. The van der Waals surface area contributed by atoms with E-state index in [4.69, 9.17) is 0 Å². The van der Waals surface area contributed by atoms with Gasteiger partial charge in [-0.05, 0) is 81.5 Å². The van der Waals surface area contributed by atoms with Crippen LogP contribution in [0.4, 0.5) is 0 Å². The van der Waals surface area contributed by atoms with Crippen molar-refractivity contribution in [3.63, 3.8) is 0 Å². The first-order chi connectivity index (χ1) is 11.2. The predicted octanol–water partition coefficient (Wildman–Crippen LogP) is 3.42. The second kappa shape index (κ2) is 5.31. The summed E-state index contributed by atoms with van der Waals surface area (Å²) < 4.78 is 0. The van der Waals surface area contributed by atoms with Crippen molar-refractivity contribution in [2.45, 2.75) is 89.9 Å². The predicted molar refractivity (Wildman–Crippen MR) is 94.3 cm³/mol. The van der Waals surface area contributed by atoms with E-state index in [0.717, 1.165) is 51.4 Å². The quantitative estimate of drug-likeness (QED) is 0.644. The lowest BCUT2D eigenvalue weighted by Gasteiger charge is -2.58. The zero-order chi connectivity index (χ0) is 17.3. The molecule has 4 rings (SSSR count). The molecule has 0 saturated heterocycles. The van der Waals surface area contributed by atoms with Crippen LogP contribution < -0.4 is 0 Å². The number of hydrogen-bond acceptors (Lipinski definition) is 3. The fourth-order valence-electron chi connectivity index (χ4n) is 7.23. The van der Waals surface area contributed by atoms with Gasteiger partial charge in [-0.3, -0.25) is 0 Å². The van der Waals surface area contributed by atoms with Crippen LogP contribution in [0.1, 0.15) is 72.1 Å². The van der Waals surface area contributed by atoms with Crippen molar-refractivity contribution in [2.75, 3.05) is 0 Å². The van der Waals surface area contributed by atoms with Crippen LogP contribution in [-0.2, 0) is 0 Å². The zero-order valence-corrected chi connectivity index (χ0v) is 15.5. The third-order valence-corrected chi connectivity index (χ3v) is 8.96. The Kier molecular flexibility index (Phi) is 3.77. The molecule has 4 aliphatic carbocycles. The van der Waals surface area contributed by atoms with Crippen LogP contribution in [0.3, 0.4) is 0 Å². The van der Waals surface area contributed by atoms with E-state index in [1.165, 1.54) is 0 Å². The minimum absolute atomic E-state index is 0.112. The van der Waals surface area contributed by atoms with Gasteiger partial charge < -0.3 is 15.3 Å². The van der Waals surface area contributed by atoms with Gasteiger partial charge in [-0.2, -0.15) is 0 Å². The fourth-order valence-corrected chi connectivity index (χ4v) is 7.23. The van der Waals surface area contributed by atoms with Crippen molar-refractivity contribution in [2.24, 2.45) is 28.6 Å². The summed E-state index contributed by atoms with van der Waals surface area (Å²) in [5, 5.41) is 31.6. The van der Waals surface area contributed by atoms with E-state index in [2.05, 4.69) is 19.9 Å². The normalized spacial score (nSPS) is 55.2. The maximum absolute atomic E-state index is 11.2. The summed E-state index contributed by atoms with van der Waals surface area (Å²) in [6.45, 7) is 6.43. The highest BCUT2D eigenvalue weighted by Crippen LogP contribution is 2.67. The summed E-state index contributed by atoms with van der Waals surface area (Å²) in [4.78, 5) is 0. The first kappa shape index (κ1) is 17.1. The molecule has 0 aromatic heterocycles. The van der Waals surface area contributed by atoms with Gasteiger partial charge in [0, 0.05) is 5.41 Å². The maximum atomic E-state index is 11.2. The smallest absolute Gasteiger partial charge is 0.0961 e. The van der Waals surface area contributed by atoms with Crippen molar-refractivity contribution in [3.8, 4) is 0 Å². The van der Waals surface area contributed by atoms with Crippen LogP contribution in [0, 0.1) is 28.6 Å². The third kappa shape index (κ3) is 2.01. The van der Waals surface area contributed by atoms with Crippen molar-refractivity contribution in [3.05, 3.63) is 11.6 Å². The Balaban J connectivity index is 1.69. The zero-order valence-electron chi connectivity index (χ0n) is 15.5. The Morgan fingerprint density at radius 1 is 1.08 bits per heavy atom. The van der Waals surface area contributed by atoms with Crippen molar-refractivity contribution < 1.29 is 15.3 Å². The lowest BCUT2D eigenvalue weighted by atomic mass is 9.47. The van der Waals surface area contributed by atoms with Crippen LogP contribution in [0.15, 0.2) is 11.6 Å². The van der Waals surface area contributed by atoms with Crippen molar-refractivity contribution >= 4 is 0 Å². The van der Waals surface area contributed by atoms with Crippen LogP contribution >= 0.6 is 0 Å². The molecule has 3 nitrogen and oxygen atoms in total. The molecule has 0 aromatic carbocycles. The summed E-state index contributed by atoms with van der Waals surface area (Å²) in [5.41, 5.74) is 0.761. The number of allylic oxidation sites excluding steroid dienone is 2. The van der Waals surface area contributed by atoms with Gasteiger partial charge in [-0.1, -0.05) is 25.5 Å². The average Bonchev–Trinajstić information content (AvgIpc) is 2.81. The monoisotopic (exact) mass is 334 g/mol. The van der Waals surface area contributed by atoms with Crippen LogP contribution in [-0.4, -0.2) is 33.1 Å². The number of aliphatic hydroxyl groups excluding tert-OH is 2. The molecule has 4 aliphatic rings. The number of hydrogen-bond donors (Lipinski definition) is 3. The lowest BCUT2D eigenvalue weighted by Crippen LogP contribution is -2.56. The van der Waals surface area contributed by atoms with E-state index in [1.54, 1.807) is 12.5 Å². The summed E-state index contributed by atoms with van der Waals surface area (Å²) in [7, 11) is 0. The fraction of sp³-hybridized carbons (Fsp3) is 0.905. The molecule has 1 unspecified atom stereocenters. The van der Waals surface area contributed by atoms with Gasteiger partial charge in [0.05, 0.1) is 17.8 Å². The molecule has 0 aliphatic heterocycles. The summed E-state index contributed by atoms with van der Waals surface area (Å²) >= 11 is 0. The molecule has 3 N–H and O–H groups in total. The van der Waals surface area contributed by atoms with E-state index in [1.807, 2.05) is 0 Å². The summed E-state index contributed by atoms with van der Waals surface area (Å²) in [6.07, 6.45) is 9.64. The molecular weight excluding hydrogens is 300 g/mol. The Labute approximate surface area is 146 Å². The molecule has 0 aromatic rings. The van der Waals surface area contributed by atoms with E-state index < -0.39 is 11.7 Å². The molecule has 0 heterocycles. The largest absolute Gasteiger partial charge is 0.393 e. The first-order valence-corrected chi connectivity index (χ1v) is 10.0. The van der Waals surface area contributed by atoms with Gasteiger partial charge in [0.1, 0.15) is 0 Å². The van der Waals surface area contributed by atoms with Gasteiger partial charge in [0.2, 0.25) is 0 Å². The standard InChI is InChI=1S/C21H34O3/c1-13(22)21(24)11-8-18-16-5-4-14-12-15(23)6-9-19(14,2)17(16)7-10-20(18,21)3/h5,13-15,17-18,22-24H,4,6-12H2,1-3H3/t13-,14?,15-,17+,18+,19+,20+,21+/m1/s1. The number of aliphatic hydroxyl groups is 3. The average molecular weight is 335 g/mol. The second-order valence-corrected chi connectivity index (χ2v) is 9.77. The molecule has 3 fully saturated rings. The molecule has 0 spiro atoms. The SMILES string of the molecule is C[C@@H](O)[C@@]1(O)CC[C@H]2C3=CCC4C[C@H](O)CC[C@]4(C)[C@H]3CC[C@@]21C. The van der Waals surface area contributed by atoms with Crippen LogP contribution in [0.25, 0.3) is 0 Å². The van der Waals surface area contributed by atoms with E-state index >= 15 is 0 Å². The lowest BCUT2D eigenvalue weighted by molar-refractivity contribution is -0.152. The minimum atomic E-state index is -0.940. The summed E-state index contributed by atoms with van der Waals surface area (Å²) in [5.74, 6) is 1.63. The van der Waals surface area contributed by atoms with E-state index in [0.29, 0.717) is 23.2 Å². The van der Waals surface area contributed by atoms with Gasteiger partial charge >= 0.3 is 0 Å². The molecule has 3 heteroatoms. The highest BCUT2D eigenvalue weighted by Gasteiger charge is 2.64. The molecule has 136 valence electrons. The molecular formula is C21H34O3. The number of fused-ring (bicyclic) bond motifs is 5. The Morgan fingerprint density at radius 2 is 1.79 bits per heavy atom. The maximum Gasteiger partial charge on any atom is 0.0961 e. The number of rotatable bonds is 1. The van der Waals surface area contributed by atoms with Gasteiger partial charge in [0.15, 0.2) is 0 Å². The Morgan fingerprint density at radius 3 is 2.50 bits per heavy atom. The first-order valence-electron chi connectivity index (χ1n) is 10.0.